The van der Waals surface area contributed by atoms with Crippen LogP contribution in [0.4, 0.5) is 0 Å². The summed E-state index contributed by atoms with van der Waals surface area (Å²) in [7, 11) is 0. The average molecular weight is 294 g/mol. The summed E-state index contributed by atoms with van der Waals surface area (Å²) in [5.41, 5.74) is 0. The fourth-order valence-corrected chi connectivity index (χ4v) is 1.12. The van der Waals surface area contributed by atoms with Crippen molar-refractivity contribution in [2.75, 3.05) is 0 Å². The smallest absolute Gasteiger partial charge is 0.0418 e. The maximum atomic E-state index is 3.39. The highest BCUT2D eigenvalue weighted by molar-refractivity contribution is 9.14. The number of rotatable bonds is 2. The lowest BCUT2D eigenvalue weighted by atomic mass is 10.4. The predicted molar refractivity (Wildman–Crippen MR) is 44.3 cm³/mol. The van der Waals surface area contributed by atoms with Crippen LogP contribution in [-0.4, -0.2) is 9.65 Å². The molecule has 0 bridgehead atoms. The van der Waals surface area contributed by atoms with Crippen LogP contribution in [0.1, 0.15) is 6.92 Å². The van der Waals surface area contributed by atoms with Crippen LogP contribution in [0.15, 0.2) is 0 Å². The van der Waals surface area contributed by atoms with Gasteiger partial charge < -0.3 is 0 Å². The first kappa shape index (κ1) is 8.44. The van der Waals surface area contributed by atoms with Gasteiger partial charge >= 0.3 is 0 Å². The summed E-state index contributed by atoms with van der Waals surface area (Å²) in [6, 6.07) is 0. The molecule has 0 aliphatic rings. The minimum absolute atomic E-state index is 0.424. The Morgan fingerprint density at radius 2 is 1.86 bits per heavy atom. The normalized spacial score (nSPS) is 18.9. The minimum Gasteiger partial charge on any atom is -0.0881 e. The monoisotopic (exact) mass is 291 g/mol. The molecule has 2 atom stereocenters. The summed E-state index contributed by atoms with van der Waals surface area (Å²) < 4.78 is 0. The van der Waals surface area contributed by atoms with Gasteiger partial charge in [-0.15, -0.1) is 0 Å². The molecule has 0 saturated heterocycles. The number of hydrogen-bond acceptors (Lipinski definition) is 0. The minimum atomic E-state index is 0.424. The Balaban J connectivity index is 3.14. The van der Waals surface area contributed by atoms with Gasteiger partial charge in [-0.1, -0.05) is 54.7 Å². The van der Waals surface area contributed by atoms with E-state index in [9.17, 15) is 0 Å². The van der Waals surface area contributed by atoms with Crippen molar-refractivity contribution >= 4 is 47.8 Å². The molecular formula is C4H6Br3. The van der Waals surface area contributed by atoms with Gasteiger partial charge in [-0.05, 0) is 0 Å². The second-order valence-corrected chi connectivity index (χ2v) is 4.28. The Labute approximate surface area is 69.4 Å². The van der Waals surface area contributed by atoms with Crippen LogP contribution in [0.3, 0.4) is 0 Å². The first-order valence-corrected chi connectivity index (χ1v) is 4.65. The fourth-order valence-electron chi connectivity index (χ4n) is 0.100. The zero-order chi connectivity index (χ0) is 5.86. The zero-order valence-electron chi connectivity index (χ0n) is 3.87. The van der Waals surface area contributed by atoms with Crippen LogP contribution in [0.5, 0.6) is 0 Å². The van der Waals surface area contributed by atoms with Crippen molar-refractivity contribution in [2.24, 2.45) is 0 Å². The van der Waals surface area contributed by atoms with Gasteiger partial charge in [-0.2, -0.15) is 0 Å². The summed E-state index contributed by atoms with van der Waals surface area (Å²) in [4.78, 5) is 0.916. The molecule has 0 saturated carbocycles. The van der Waals surface area contributed by atoms with Crippen LogP contribution in [0.25, 0.3) is 0 Å². The molecule has 3 heteroatoms. The van der Waals surface area contributed by atoms with Crippen molar-refractivity contribution in [3.05, 3.63) is 5.33 Å². The van der Waals surface area contributed by atoms with Crippen LogP contribution >= 0.6 is 47.8 Å². The third-order valence-electron chi connectivity index (χ3n) is 0.559. The van der Waals surface area contributed by atoms with E-state index in [0.29, 0.717) is 9.65 Å². The average Bonchev–Trinajstić information content (AvgIpc) is 1.65. The third kappa shape index (κ3) is 3.98. The number of alkyl halides is 2. The van der Waals surface area contributed by atoms with Crippen LogP contribution in [0, 0.1) is 5.33 Å². The molecule has 1 radical (unpaired) electrons. The Hall–Kier alpha value is 1.44. The van der Waals surface area contributed by atoms with Gasteiger partial charge in [0.1, 0.15) is 0 Å². The van der Waals surface area contributed by atoms with E-state index in [2.05, 4.69) is 54.7 Å². The first-order chi connectivity index (χ1) is 3.18. The van der Waals surface area contributed by atoms with E-state index >= 15 is 0 Å². The Kier molecular flexibility index (Phi) is 5.22. The molecule has 0 aliphatic carbocycles. The van der Waals surface area contributed by atoms with Gasteiger partial charge in [0, 0.05) is 15.0 Å². The molecule has 0 rings (SSSR count). The maximum absolute atomic E-state index is 3.39. The SMILES string of the molecule is CC(Br)C(Br)[CH]Br. The third-order valence-corrected chi connectivity index (χ3v) is 4.17. The van der Waals surface area contributed by atoms with Crippen molar-refractivity contribution in [1.29, 1.82) is 0 Å². The van der Waals surface area contributed by atoms with E-state index in [1.54, 1.807) is 0 Å². The molecule has 0 aromatic heterocycles. The summed E-state index contributed by atoms with van der Waals surface area (Å²) in [5.74, 6) is 0. The second kappa shape index (κ2) is 4.33. The van der Waals surface area contributed by atoms with E-state index in [-0.39, 0.29) is 0 Å². The Morgan fingerprint density at radius 3 is 1.86 bits per heavy atom. The zero-order valence-corrected chi connectivity index (χ0v) is 8.62. The summed E-state index contributed by atoms with van der Waals surface area (Å²) >= 11 is 10.00. The quantitative estimate of drug-likeness (QED) is 0.687. The molecule has 2 unspecified atom stereocenters. The van der Waals surface area contributed by atoms with Gasteiger partial charge in [-0.25, -0.2) is 0 Å². The number of halogens is 3. The van der Waals surface area contributed by atoms with Crippen LogP contribution < -0.4 is 0 Å². The van der Waals surface area contributed by atoms with E-state index in [1.165, 1.54) is 0 Å². The lowest BCUT2D eigenvalue weighted by Crippen LogP contribution is -2.06. The molecule has 0 aliphatic heterocycles. The molecule has 0 aromatic carbocycles. The number of hydrogen-bond donors (Lipinski definition) is 0. The van der Waals surface area contributed by atoms with E-state index in [0.717, 1.165) is 0 Å². The molecular weight excluding hydrogens is 288 g/mol. The highest BCUT2D eigenvalue weighted by atomic mass is 79.9. The molecule has 0 N–H and O–H groups in total. The largest absolute Gasteiger partial charge is 0.0881 e. The van der Waals surface area contributed by atoms with E-state index < -0.39 is 0 Å². The van der Waals surface area contributed by atoms with E-state index in [4.69, 9.17) is 0 Å². The standard InChI is InChI=1S/C4H6Br3/c1-3(6)4(7)2-5/h2-4H,1H3. The lowest BCUT2D eigenvalue weighted by Gasteiger charge is -2.05. The van der Waals surface area contributed by atoms with Gasteiger partial charge in [0.15, 0.2) is 0 Å². The van der Waals surface area contributed by atoms with Crippen molar-refractivity contribution in [2.45, 2.75) is 16.6 Å². The Morgan fingerprint density at radius 1 is 1.43 bits per heavy atom. The van der Waals surface area contributed by atoms with E-state index in [1.807, 2.05) is 5.33 Å². The molecule has 0 spiro atoms. The van der Waals surface area contributed by atoms with Crippen molar-refractivity contribution in [3.63, 3.8) is 0 Å². The molecule has 7 heavy (non-hydrogen) atoms. The van der Waals surface area contributed by atoms with Crippen molar-refractivity contribution < 1.29 is 0 Å². The van der Waals surface area contributed by atoms with Gasteiger partial charge in [0.05, 0.1) is 0 Å². The van der Waals surface area contributed by atoms with Gasteiger partial charge in [0.25, 0.3) is 0 Å². The first-order valence-electron chi connectivity index (χ1n) is 1.90. The summed E-state index contributed by atoms with van der Waals surface area (Å²) in [6.07, 6.45) is 0. The molecule has 0 amide bonds. The molecule has 0 heterocycles. The topological polar surface area (TPSA) is 0 Å². The van der Waals surface area contributed by atoms with Crippen molar-refractivity contribution in [3.8, 4) is 0 Å². The van der Waals surface area contributed by atoms with Crippen LogP contribution in [0.2, 0.25) is 0 Å². The predicted octanol–water partition coefficient (Wildman–Crippen LogP) is 3.09. The second-order valence-electron chi connectivity index (χ2n) is 1.25. The molecule has 0 nitrogen and oxygen atoms in total. The fraction of sp³-hybridized carbons (Fsp3) is 0.750. The van der Waals surface area contributed by atoms with Crippen LogP contribution in [-0.2, 0) is 0 Å². The maximum Gasteiger partial charge on any atom is 0.0418 e. The highest BCUT2D eigenvalue weighted by Gasteiger charge is 2.06. The Bertz CT molecular complexity index is 44.2. The van der Waals surface area contributed by atoms with Crippen molar-refractivity contribution in [1.82, 2.24) is 0 Å². The summed E-state index contributed by atoms with van der Waals surface area (Å²) in [5, 5.41) is 1.92. The molecule has 0 aromatic rings. The molecule has 43 valence electrons. The highest BCUT2D eigenvalue weighted by Crippen LogP contribution is 2.18. The molecule has 0 fully saturated rings. The lowest BCUT2D eigenvalue weighted by molar-refractivity contribution is 1.02. The van der Waals surface area contributed by atoms with Gasteiger partial charge in [0.2, 0.25) is 0 Å². The van der Waals surface area contributed by atoms with Gasteiger partial charge in [-0.3, -0.25) is 0 Å². The summed E-state index contributed by atoms with van der Waals surface area (Å²) in [6.45, 7) is 2.08.